The Morgan fingerprint density at radius 2 is 2.11 bits per heavy atom. The summed E-state index contributed by atoms with van der Waals surface area (Å²) in [6, 6.07) is 10.9. The molecule has 1 saturated carbocycles. The molecule has 1 aliphatic rings. The van der Waals surface area contributed by atoms with E-state index in [2.05, 4.69) is 16.3 Å². The highest BCUT2D eigenvalue weighted by atomic mass is 16.5. The van der Waals surface area contributed by atoms with Gasteiger partial charge in [0, 0.05) is 25.3 Å². The van der Waals surface area contributed by atoms with Crippen LogP contribution in [-0.4, -0.2) is 32.8 Å². The highest BCUT2D eigenvalue weighted by molar-refractivity contribution is 5.48. The van der Waals surface area contributed by atoms with Crippen LogP contribution < -0.4 is 15.0 Å². The molecular weight excluding hydrogens is 238 g/mol. The molecule has 1 fully saturated rings. The third kappa shape index (κ3) is 4.15. The second kappa shape index (κ2) is 6.44. The molecule has 102 valence electrons. The van der Waals surface area contributed by atoms with Crippen LogP contribution in [0, 0.1) is 11.3 Å². The third-order valence-electron chi connectivity index (χ3n) is 3.44. The largest absolute Gasteiger partial charge is 0.497 e. The van der Waals surface area contributed by atoms with Gasteiger partial charge in [0.05, 0.1) is 19.2 Å². The Labute approximate surface area is 115 Å². The van der Waals surface area contributed by atoms with Crippen LogP contribution in [0.25, 0.3) is 0 Å². The number of anilines is 1. The van der Waals surface area contributed by atoms with Gasteiger partial charge in [0.25, 0.3) is 0 Å². The van der Waals surface area contributed by atoms with Gasteiger partial charge in [0.2, 0.25) is 0 Å². The fourth-order valence-electron chi connectivity index (χ4n) is 2.01. The molecule has 0 radical (unpaired) electrons. The van der Waals surface area contributed by atoms with Gasteiger partial charge in [-0.15, -0.1) is 0 Å². The monoisotopic (exact) mass is 259 g/mol. The number of hydrogen-bond acceptors (Lipinski definition) is 4. The van der Waals surface area contributed by atoms with Crippen molar-refractivity contribution in [1.82, 2.24) is 5.32 Å². The smallest absolute Gasteiger partial charge is 0.119 e. The zero-order valence-electron chi connectivity index (χ0n) is 11.6. The molecule has 19 heavy (non-hydrogen) atoms. The van der Waals surface area contributed by atoms with Gasteiger partial charge in [-0.2, -0.15) is 5.26 Å². The van der Waals surface area contributed by atoms with E-state index in [1.54, 1.807) is 7.11 Å². The lowest BCUT2D eigenvalue weighted by atomic mass is 10.2. The minimum Gasteiger partial charge on any atom is -0.497 e. The Morgan fingerprint density at radius 1 is 1.42 bits per heavy atom. The first-order chi connectivity index (χ1) is 9.22. The molecule has 0 saturated heterocycles. The summed E-state index contributed by atoms with van der Waals surface area (Å²) in [6.45, 7) is 0.865. The number of nitrogens with one attached hydrogen (secondary N) is 1. The summed E-state index contributed by atoms with van der Waals surface area (Å²) >= 11 is 0. The summed E-state index contributed by atoms with van der Waals surface area (Å²) in [7, 11) is 3.72. The Morgan fingerprint density at radius 3 is 2.63 bits per heavy atom. The van der Waals surface area contributed by atoms with E-state index < -0.39 is 0 Å². The van der Waals surface area contributed by atoms with Crippen molar-refractivity contribution in [1.29, 1.82) is 5.26 Å². The molecule has 1 aromatic carbocycles. The lowest BCUT2D eigenvalue weighted by Crippen LogP contribution is -2.33. The maximum Gasteiger partial charge on any atom is 0.119 e. The van der Waals surface area contributed by atoms with Crippen molar-refractivity contribution in [3.8, 4) is 11.8 Å². The quantitative estimate of drug-likeness (QED) is 0.815. The van der Waals surface area contributed by atoms with Crippen LogP contribution >= 0.6 is 0 Å². The van der Waals surface area contributed by atoms with E-state index in [4.69, 9.17) is 10.00 Å². The summed E-state index contributed by atoms with van der Waals surface area (Å²) < 4.78 is 5.14. The highest BCUT2D eigenvalue weighted by Crippen LogP contribution is 2.21. The van der Waals surface area contributed by atoms with Crippen LogP contribution in [-0.2, 0) is 0 Å². The molecule has 1 atom stereocenters. The second-order valence-corrected chi connectivity index (χ2v) is 5.03. The van der Waals surface area contributed by atoms with Crippen LogP contribution in [0.15, 0.2) is 24.3 Å². The van der Waals surface area contributed by atoms with Gasteiger partial charge in [-0.3, -0.25) is 5.32 Å². The van der Waals surface area contributed by atoms with E-state index in [0.29, 0.717) is 6.04 Å². The standard InChI is InChI=1S/C15H21N3O/c1-18(14-5-7-15(19-2)8-6-14)10-9-13(11-16)17-12-3-4-12/h5-8,12-13,17H,3-4,9-10H2,1-2H3. The van der Waals surface area contributed by atoms with Crippen molar-refractivity contribution in [2.24, 2.45) is 0 Å². The first kappa shape index (κ1) is 13.7. The van der Waals surface area contributed by atoms with E-state index >= 15 is 0 Å². The fourth-order valence-corrected chi connectivity index (χ4v) is 2.01. The summed E-state index contributed by atoms with van der Waals surface area (Å²) in [5.74, 6) is 0.863. The predicted molar refractivity (Wildman–Crippen MR) is 76.4 cm³/mol. The van der Waals surface area contributed by atoms with Gasteiger partial charge in [0.15, 0.2) is 0 Å². The molecular formula is C15H21N3O. The average molecular weight is 259 g/mol. The van der Waals surface area contributed by atoms with Crippen molar-refractivity contribution in [3.63, 3.8) is 0 Å². The van der Waals surface area contributed by atoms with Crippen molar-refractivity contribution in [2.75, 3.05) is 25.6 Å². The minimum atomic E-state index is -0.0341. The number of benzene rings is 1. The Hall–Kier alpha value is -1.73. The molecule has 1 unspecified atom stereocenters. The van der Waals surface area contributed by atoms with Gasteiger partial charge in [-0.05, 0) is 43.5 Å². The van der Waals surface area contributed by atoms with E-state index in [0.717, 1.165) is 24.4 Å². The van der Waals surface area contributed by atoms with Gasteiger partial charge in [-0.25, -0.2) is 0 Å². The predicted octanol–water partition coefficient (Wildman–Crippen LogP) is 2.17. The molecule has 0 amide bonds. The normalized spacial score (nSPS) is 15.6. The van der Waals surface area contributed by atoms with Gasteiger partial charge >= 0.3 is 0 Å². The summed E-state index contributed by atoms with van der Waals surface area (Å²) in [6.07, 6.45) is 3.27. The number of methoxy groups -OCH3 is 1. The molecule has 0 bridgehead atoms. The molecule has 4 nitrogen and oxygen atoms in total. The molecule has 0 aliphatic heterocycles. The summed E-state index contributed by atoms with van der Waals surface area (Å²) in [4.78, 5) is 2.17. The van der Waals surface area contributed by atoms with Crippen LogP contribution in [0.4, 0.5) is 5.69 Å². The summed E-state index contributed by atoms with van der Waals surface area (Å²) in [5, 5.41) is 12.5. The first-order valence-corrected chi connectivity index (χ1v) is 6.74. The minimum absolute atomic E-state index is 0.0341. The van der Waals surface area contributed by atoms with Crippen molar-refractivity contribution < 1.29 is 4.74 Å². The Kier molecular flexibility index (Phi) is 4.64. The topological polar surface area (TPSA) is 48.3 Å². The maximum atomic E-state index is 9.11. The van der Waals surface area contributed by atoms with Crippen LogP contribution in [0.3, 0.4) is 0 Å². The van der Waals surface area contributed by atoms with Crippen LogP contribution in [0.1, 0.15) is 19.3 Å². The number of ether oxygens (including phenoxy) is 1. The molecule has 4 heteroatoms. The molecule has 2 rings (SSSR count). The van der Waals surface area contributed by atoms with Crippen LogP contribution in [0.2, 0.25) is 0 Å². The lowest BCUT2D eigenvalue weighted by Gasteiger charge is -2.21. The average Bonchev–Trinajstić information content (AvgIpc) is 3.27. The van der Waals surface area contributed by atoms with Gasteiger partial charge in [0.1, 0.15) is 5.75 Å². The number of nitrogens with zero attached hydrogens (tertiary/aromatic N) is 2. The highest BCUT2D eigenvalue weighted by Gasteiger charge is 2.24. The number of hydrogen-bond donors (Lipinski definition) is 1. The van der Waals surface area contributed by atoms with Crippen molar-refractivity contribution >= 4 is 5.69 Å². The van der Waals surface area contributed by atoms with E-state index in [-0.39, 0.29) is 6.04 Å². The summed E-state index contributed by atoms with van der Waals surface area (Å²) in [5.41, 5.74) is 1.14. The molecule has 1 aromatic rings. The SMILES string of the molecule is COc1ccc(N(C)CCC(C#N)NC2CC2)cc1. The zero-order valence-corrected chi connectivity index (χ0v) is 11.6. The Balaban J connectivity index is 1.81. The molecule has 0 spiro atoms. The van der Waals surface area contributed by atoms with Crippen molar-refractivity contribution in [2.45, 2.75) is 31.3 Å². The van der Waals surface area contributed by atoms with E-state index in [9.17, 15) is 0 Å². The molecule has 0 heterocycles. The lowest BCUT2D eigenvalue weighted by molar-refractivity contribution is 0.415. The maximum absolute atomic E-state index is 9.11. The van der Waals surface area contributed by atoms with Crippen LogP contribution in [0.5, 0.6) is 5.75 Å². The Bertz CT molecular complexity index is 434. The van der Waals surface area contributed by atoms with Gasteiger partial charge in [-0.1, -0.05) is 0 Å². The molecule has 0 aromatic heterocycles. The zero-order chi connectivity index (χ0) is 13.7. The van der Waals surface area contributed by atoms with Gasteiger partial charge < -0.3 is 9.64 Å². The first-order valence-electron chi connectivity index (χ1n) is 6.74. The fraction of sp³-hybridized carbons (Fsp3) is 0.533. The van der Waals surface area contributed by atoms with Crippen molar-refractivity contribution in [3.05, 3.63) is 24.3 Å². The second-order valence-electron chi connectivity index (χ2n) is 5.03. The molecule has 1 N–H and O–H groups in total. The third-order valence-corrected chi connectivity index (χ3v) is 3.44. The van der Waals surface area contributed by atoms with E-state index in [1.165, 1.54) is 12.8 Å². The van der Waals surface area contributed by atoms with E-state index in [1.807, 2.05) is 31.3 Å². The number of nitriles is 1. The molecule has 1 aliphatic carbocycles. The number of rotatable bonds is 7.